The number of likely N-dealkylation sites (tertiary alicyclic amines) is 1. The molecule has 2 N–H and O–H groups in total. The average Bonchev–Trinajstić information content (AvgIpc) is 3.10. The van der Waals surface area contributed by atoms with Gasteiger partial charge in [-0.15, -0.1) is 0 Å². The van der Waals surface area contributed by atoms with Gasteiger partial charge in [-0.2, -0.15) is 0 Å². The quantitative estimate of drug-likeness (QED) is 0.671. The lowest BCUT2D eigenvalue weighted by Crippen LogP contribution is -2.48. The molecular formula is C19H19ClF2N6O. The molecule has 0 radical (unpaired) electrons. The Morgan fingerprint density at radius 1 is 1.31 bits per heavy atom. The Morgan fingerprint density at radius 3 is 2.83 bits per heavy atom. The SMILES string of the molecule is C[C@@H](Nc1cncc(-c2c[nH]c3ncc(Cl)cc23)n1)C(=O)N1CCC(F)(F)CC1. The second-order valence-corrected chi connectivity index (χ2v) is 7.53. The van der Waals surface area contributed by atoms with Gasteiger partial charge in [0.1, 0.15) is 17.5 Å². The van der Waals surface area contributed by atoms with E-state index in [2.05, 4.69) is 25.3 Å². The first-order chi connectivity index (χ1) is 13.8. The van der Waals surface area contributed by atoms with Crippen LogP contribution in [0.2, 0.25) is 5.02 Å². The molecule has 0 aromatic carbocycles. The monoisotopic (exact) mass is 420 g/mol. The van der Waals surface area contributed by atoms with Crippen molar-refractivity contribution in [3.05, 3.63) is 35.9 Å². The van der Waals surface area contributed by atoms with Gasteiger partial charge >= 0.3 is 0 Å². The number of carbonyl (C=O) groups excluding carboxylic acids is 1. The van der Waals surface area contributed by atoms with Crippen LogP contribution in [-0.4, -0.2) is 55.8 Å². The molecular weight excluding hydrogens is 402 g/mol. The number of rotatable bonds is 4. The summed E-state index contributed by atoms with van der Waals surface area (Å²) in [4.78, 5) is 30.1. The normalized spacial score (nSPS) is 17.3. The van der Waals surface area contributed by atoms with Crippen LogP contribution < -0.4 is 5.32 Å². The maximum atomic E-state index is 13.3. The standard InChI is InChI=1S/C19H19ClF2N6O/c1-11(18(29)28-4-2-19(21,22)3-5-28)26-16-10-23-9-15(27-16)14-8-25-17-13(14)6-12(20)7-24-17/h6-11H,2-5H2,1H3,(H,24,25)(H,26,27)/t11-/m1/s1. The van der Waals surface area contributed by atoms with Crippen molar-refractivity contribution >= 4 is 34.4 Å². The summed E-state index contributed by atoms with van der Waals surface area (Å²) < 4.78 is 26.6. The van der Waals surface area contributed by atoms with E-state index in [9.17, 15) is 13.6 Å². The number of pyridine rings is 1. The van der Waals surface area contributed by atoms with Gasteiger partial charge in [0.05, 0.1) is 23.1 Å². The van der Waals surface area contributed by atoms with Crippen molar-refractivity contribution < 1.29 is 13.6 Å². The predicted molar refractivity (Wildman–Crippen MR) is 106 cm³/mol. The molecule has 3 aromatic rings. The largest absolute Gasteiger partial charge is 0.357 e. The highest BCUT2D eigenvalue weighted by Crippen LogP contribution is 2.29. The third kappa shape index (κ3) is 4.14. The van der Waals surface area contributed by atoms with E-state index in [-0.39, 0.29) is 31.8 Å². The fraction of sp³-hybridized carbons (Fsp3) is 0.368. The first kappa shape index (κ1) is 19.5. The van der Waals surface area contributed by atoms with Gasteiger partial charge in [0.25, 0.3) is 5.92 Å². The molecule has 4 heterocycles. The lowest BCUT2D eigenvalue weighted by atomic mass is 10.1. The van der Waals surface area contributed by atoms with Gasteiger partial charge in [0, 0.05) is 49.3 Å². The van der Waals surface area contributed by atoms with Crippen molar-refractivity contribution in [3.8, 4) is 11.3 Å². The van der Waals surface area contributed by atoms with Crippen molar-refractivity contribution in [3.63, 3.8) is 0 Å². The first-order valence-corrected chi connectivity index (χ1v) is 9.58. The molecule has 0 bridgehead atoms. The van der Waals surface area contributed by atoms with Gasteiger partial charge in [-0.05, 0) is 13.0 Å². The van der Waals surface area contributed by atoms with Crippen LogP contribution in [-0.2, 0) is 4.79 Å². The number of hydrogen-bond donors (Lipinski definition) is 2. The van der Waals surface area contributed by atoms with Crippen LogP contribution in [0.15, 0.2) is 30.9 Å². The molecule has 4 rings (SSSR count). The minimum absolute atomic E-state index is 0.0483. The molecule has 1 fully saturated rings. The number of carbonyl (C=O) groups is 1. The third-order valence-corrected chi connectivity index (χ3v) is 5.16. The Balaban J connectivity index is 1.50. The number of aromatic nitrogens is 4. The third-order valence-electron chi connectivity index (χ3n) is 4.95. The fourth-order valence-corrected chi connectivity index (χ4v) is 3.52. The zero-order valence-corrected chi connectivity index (χ0v) is 16.4. The maximum Gasteiger partial charge on any atom is 0.251 e. The lowest BCUT2D eigenvalue weighted by Gasteiger charge is -2.33. The van der Waals surface area contributed by atoms with Crippen LogP contribution in [0.5, 0.6) is 0 Å². The minimum Gasteiger partial charge on any atom is -0.357 e. The molecule has 10 heteroatoms. The van der Waals surface area contributed by atoms with E-state index in [0.29, 0.717) is 22.2 Å². The number of nitrogens with zero attached hydrogens (tertiary/aromatic N) is 4. The zero-order valence-electron chi connectivity index (χ0n) is 15.6. The molecule has 1 saturated heterocycles. The number of amides is 1. The first-order valence-electron chi connectivity index (χ1n) is 9.21. The van der Waals surface area contributed by atoms with Gasteiger partial charge in [-0.25, -0.2) is 18.7 Å². The Morgan fingerprint density at radius 2 is 2.07 bits per heavy atom. The molecule has 3 aromatic heterocycles. The summed E-state index contributed by atoms with van der Waals surface area (Å²) >= 11 is 6.05. The topological polar surface area (TPSA) is 86.8 Å². The fourth-order valence-electron chi connectivity index (χ4n) is 3.37. The summed E-state index contributed by atoms with van der Waals surface area (Å²) in [5.74, 6) is -2.52. The van der Waals surface area contributed by atoms with Crippen molar-refractivity contribution in [2.75, 3.05) is 18.4 Å². The highest BCUT2D eigenvalue weighted by Gasteiger charge is 2.36. The lowest BCUT2D eigenvalue weighted by molar-refractivity contribution is -0.137. The van der Waals surface area contributed by atoms with Crippen LogP contribution >= 0.6 is 11.6 Å². The van der Waals surface area contributed by atoms with E-state index in [4.69, 9.17) is 11.6 Å². The predicted octanol–water partition coefficient (Wildman–Crippen LogP) is 3.73. The van der Waals surface area contributed by atoms with E-state index >= 15 is 0 Å². The number of piperidine rings is 1. The van der Waals surface area contributed by atoms with E-state index in [0.717, 1.165) is 10.9 Å². The molecule has 1 amide bonds. The molecule has 7 nitrogen and oxygen atoms in total. The Hall–Kier alpha value is -2.81. The summed E-state index contributed by atoms with van der Waals surface area (Å²) in [6.07, 6.45) is 5.82. The molecule has 0 unspecified atom stereocenters. The van der Waals surface area contributed by atoms with Crippen LogP contribution in [0, 0.1) is 0 Å². The Labute approximate surface area is 170 Å². The Bertz CT molecular complexity index is 1050. The summed E-state index contributed by atoms with van der Waals surface area (Å²) in [6, 6.07) is 1.17. The number of nitrogens with one attached hydrogen (secondary N) is 2. The van der Waals surface area contributed by atoms with E-state index < -0.39 is 12.0 Å². The summed E-state index contributed by atoms with van der Waals surface area (Å²) in [6.45, 7) is 1.78. The molecule has 0 saturated carbocycles. The Kier molecular flexibility index (Phi) is 5.08. The summed E-state index contributed by atoms with van der Waals surface area (Å²) in [5.41, 5.74) is 2.04. The molecule has 29 heavy (non-hydrogen) atoms. The minimum atomic E-state index is -2.69. The second kappa shape index (κ2) is 7.55. The smallest absolute Gasteiger partial charge is 0.251 e. The number of anilines is 1. The van der Waals surface area contributed by atoms with E-state index in [1.807, 2.05) is 0 Å². The van der Waals surface area contributed by atoms with Gasteiger partial charge in [-0.1, -0.05) is 11.6 Å². The van der Waals surface area contributed by atoms with Crippen molar-refractivity contribution in [1.29, 1.82) is 0 Å². The molecule has 152 valence electrons. The highest BCUT2D eigenvalue weighted by molar-refractivity contribution is 6.31. The van der Waals surface area contributed by atoms with Crippen molar-refractivity contribution in [1.82, 2.24) is 24.8 Å². The van der Waals surface area contributed by atoms with Crippen LogP contribution in [0.25, 0.3) is 22.3 Å². The number of halogens is 3. The summed E-state index contributed by atoms with van der Waals surface area (Å²) in [5, 5.41) is 4.33. The molecule has 1 aliphatic rings. The maximum absolute atomic E-state index is 13.3. The average molecular weight is 421 g/mol. The summed E-state index contributed by atoms with van der Waals surface area (Å²) in [7, 11) is 0. The van der Waals surface area contributed by atoms with Gasteiger partial charge in [-0.3, -0.25) is 9.78 Å². The number of H-pyrrole nitrogens is 1. The van der Waals surface area contributed by atoms with Gasteiger partial charge in [0.2, 0.25) is 5.91 Å². The van der Waals surface area contributed by atoms with Gasteiger partial charge in [0.15, 0.2) is 0 Å². The number of fused-ring (bicyclic) bond motifs is 1. The van der Waals surface area contributed by atoms with Crippen LogP contribution in [0.1, 0.15) is 19.8 Å². The molecule has 0 aliphatic carbocycles. The van der Waals surface area contributed by atoms with Gasteiger partial charge < -0.3 is 15.2 Å². The zero-order chi connectivity index (χ0) is 20.6. The molecule has 1 aliphatic heterocycles. The number of aromatic amines is 1. The van der Waals surface area contributed by atoms with Crippen LogP contribution in [0.4, 0.5) is 14.6 Å². The van der Waals surface area contributed by atoms with Crippen LogP contribution in [0.3, 0.4) is 0 Å². The molecule has 1 atom stereocenters. The second-order valence-electron chi connectivity index (χ2n) is 7.09. The number of hydrogen-bond acceptors (Lipinski definition) is 5. The number of alkyl halides is 2. The van der Waals surface area contributed by atoms with E-state index in [1.165, 1.54) is 11.1 Å². The van der Waals surface area contributed by atoms with Crippen molar-refractivity contribution in [2.24, 2.45) is 0 Å². The highest BCUT2D eigenvalue weighted by atomic mass is 35.5. The van der Waals surface area contributed by atoms with Crippen molar-refractivity contribution in [2.45, 2.75) is 31.7 Å². The molecule has 0 spiro atoms. The van der Waals surface area contributed by atoms with E-state index in [1.54, 1.807) is 31.6 Å².